The van der Waals surface area contributed by atoms with E-state index in [2.05, 4.69) is 14.7 Å². The van der Waals surface area contributed by atoms with Crippen molar-refractivity contribution in [2.45, 2.75) is 18.4 Å². The maximum atomic E-state index is 12.1. The molecule has 0 saturated carbocycles. The lowest BCUT2D eigenvalue weighted by Gasteiger charge is -2.04. The molecule has 0 amide bonds. The summed E-state index contributed by atoms with van der Waals surface area (Å²) in [5.74, 6) is 0.593. The number of nitrogens with zero attached hydrogens (tertiary/aromatic N) is 1. The summed E-state index contributed by atoms with van der Waals surface area (Å²) in [4.78, 5) is 7.74. The van der Waals surface area contributed by atoms with Crippen LogP contribution >= 0.6 is 0 Å². The van der Waals surface area contributed by atoms with E-state index in [1.165, 1.54) is 0 Å². The molecular formula is C15H15N3O2S. The first-order chi connectivity index (χ1) is 10.0. The number of aryl methyl sites for hydroxylation is 1. The van der Waals surface area contributed by atoms with Crippen molar-refractivity contribution in [1.29, 1.82) is 0 Å². The van der Waals surface area contributed by atoms with Crippen LogP contribution in [0.15, 0.2) is 53.4 Å². The molecule has 3 aromatic rings. The molecule has 6 heteroatoms. The predicted molar refractivity (Wildman–Crippen MR) is 81.3 cm³/mol. The highest BCUT2D eigenvalue weighted by atomic mass is 32.2. The maximum Gasteiger partial charge on any atom is 0.240 e. The summed E-state index contributed by atoms with van der Waals surface area (Å²) >= 11 is 0. The Morgan fingerprint density at radius 3 is 2.67 bits per heavy atom. The number of aromatic amines is 1. The van der Waals surface area contributed by atoms with E-state index in [-0.39, 0.29) is 11.4 Å². The minimum atomic E-state index is -3.51. The highest BCUT2D eigenvalue weighted by Crippen LogP contribution is 2.14. The summed E-state index contributed by atoms with van der Waals surface area (Å²) < 4.78 is 26.8. The average molecular weight is 301 g/mol. The van der Waals surface area contributed by atoms with Gasteiger partial charge in [-0.1, -0.05) is 24.3 Å². The third kappa shape index (κ3) is 2.96. The number of H-pyrrole nitrogens is 1. The Morgan fingerprint density at radius 2 is 1.90 bits per heavy atom. The quantitative estimate of drug-likeness (QED) is 0.776. The smallest absolute Gasteiger partial charge is 0.240 e. The molecule has 3 rings (SSSR count). The molecule has 1 heterocycles. The number of fused-ring (bicyclic) bond motifs is 1. The molecule has 0 aliphatic carbocycles. The minimum Gasteiger partial charge on any atom is -0.341 e. The van der Waals surface area contributed by atoms with Crippen LogP contribution in [0, 0.1) is 6.92 Å². The summed E-state index contributed by atoms with van der Waals surface area (Å²) in [6.45, 7) is 2.13. The molecule has 0 aliphatic heterocycles. The second-order valence-corrected chi connectivity index (χ2v) is 6.61. The van der Waals surface area contributed by atoms with Gasteiger partial charge in [0, 0.05) is 0 Å². The number of hydrogen-bond acceptors (Lipinski definition) is 3. The van der Waals surface area contributed by atoms with Gasteiger partial charge in [-0.15, -0.1) is 0 Å². The van der Waals surface area contributed by atoms with Crippen molar-refractivity contribution in [3.05, 3.63) is 59.9 Å². The normalized spacial score (nSPS) is 11.9. The van der Waals surface area contributed by atoms with Crippen LogP contribution in [0.25, 0.3) is 11.0 Å². The Kier molecular flexibility index (Phi) is 3.48. The molecule has 0 fully saturated rings. The number of sulfonamides is 1. The van der Waals surface area contributed by atoms with Crippen LogP contribution in [0.4, 0.5) is 0 Å². The number of benzene rings is 2. The lowest BCUT2D eigenvalue weighted by atomic mass is 10.2. The second-order valence-electron chi connectivity index (χ2n) is 4.84. The van der Waals surface area contributed by atoms with Crippen molar-refractivity contribution in [3.8, 4) is 0 Å². The van der Waals surface area contributed by atoms with Gasteiger partial charge in [0.05, 0.1) is 22.5 Å². The number of hydrogen-bond donors (Lipinski definition) is 2. The Bertz CT molecular complexity index is 870. The molecule has 1 aromatic heterocycles. The van der Waals surface area contributed by atoms with Gasteiger partial charge in [0.15, 0.2) is 0 Å². The van der Waals surface area contributed by atoms with Crippen LogP contribution in [-0.4, -0.2) is 18.4 Å². The first-order valence-corrected chi connectivity index (χ1v) is 8.03. The van der Waals surface area contributed by atoms with E-state index in [9.17, 15) is 8.42 Å². The highest BCUT2D eigenvalue weighted by molar-refractivity contribution is 7.89. The molecule has 0 atom stereocenters. The summed E-state index contributed by atoms with van der Waals surface area (Å²) in [7, 11) is -3.51. The lowest BCUT2D eigenvalue weighted by Crippen LogP contribution is -2.23. The van der Waals surface area contributed by atoms with Gasteiger partial charge in [-0.05, 0) is 36.8 Å². The van der Waals surface area contributed by atoms with Crippen molar-refractivity contribution in [3.63, 3.8) is 0 Å². The Labute approximate surface area is 123 Å². The fourth-order valence-electron chi connectivity index (χ4n) is 2.11. The van der Waals surface area contributed by atoms with Gasteiger partial charge in [0.1, 0.15) is 5.82 Å². The van der Waals surface area contributed by atoms with Crippen LogP contribution < -0.4 is 4.72 Å². The summed E-state index contributed by atoms with van der Waals surface area (Å²) in [6.07, 6.45) is 0. The number of imidazole rings is 1. The second kappa shape index (κ2) is 5.31. The van der Waals surface area contributed by atoms with E-state index in [0.29, 0.717) is 5.82 Å². The molecule has 5 nitrogen and oxygen atoms in total. The Hall–Kier alpha value is -2.18. The summed E-state index contributed by atoms with van der Waals surface area (Å²) in [5.41, 5.74) is 2.86. The van der Waals surface area contributed by atoms with E-state index >= 15 is 0 Å². The molecule has 0 spiro atoms. The van der Waals surface area contributed by atoms with Gasteiger partial charge in [-0.3, -0.25) is 0 Å². The van der Waals surface area contributed by atoms with Crippen molar-refractivity contribution in [1.82, 2.24) is 14.7 Å². The molecule has 0 radical (unpaired) electrons. The standard InChI is InChI=1S/C15H15N3O2S/c1-11-7-8-13-14(9-11)18-15(17-13)10-16-21(19,20)12-5-3-2-4-6-12/h2-9,16H,10H2,1H3,(H,17,18). The number of nitrogens with one attached hydrogen (secondary N) is 2. The molecule has 0 aliphatic rings. The molecule has 0 unspecified atom stereocenters. The van der Waals surface area contributed by atoms with Crippen molar-refractivity contribution in [2.24, 2.45) is 0 Å². The molecule has 108 valence electrons. The van der Waals surface area contributed by atoms with E-state index in [4.69, 9.17) is 0 Å². The van der Waals surface area contributed by atoms with E-state index in [0.717, 1.165) is 16.6 Å². The molecule has 0 saturated heterocycles. The van der Waals surface area contributed by atoms with Crippen molar-refractivity contribution in [2.75, 3.05) is 0 Å². The maximum absolute atomic E-state index is 12.1. The zero-order valence-electron chi connectivity index (χ0n) is 11.5. The number of rotatable bonds is 4. The Balaban J connectivity index is 1.80. The topological polar surface area (TPSA) is 74.8 Å². The van der Waals surface area contributed by atoms with Gasteiger partial charge in [-0.2, -0.15) is 0 Å². The third-order valence-electron chi connectivity index (χ3n) is 3.17. The molecule has 0 bridgehead atoms. The first kappa shape index (κ1) is 13.8. The first-order valence-electron chi connectivity index (χ1n) is 6.54. The monoisotopic (exact) mass is 301 g/mol. The SMILES string of the molecule is Cc1ccc2nc(CNS(=O)(=O)c3ccccc3)[nH]c2c1. The zero-order valence-corrected chi connectivity index (χ0v) is 12.3. The van der Waals surface area contributed by atoms with Crippen LogP contribution in [0.2, 0.25) is 0 Å². The average Bonchev–Trinajstić information content (AvgIpc) is 2.88. The predicted octanol–water partition coefficient (Wildman–Crippen LogP) is 2.35. The minimum absolute atomic E-state index is 0.130. The fourth-order valence-corrected chi connectivity index (χ4v) is 3.12. The van der Waals surface area contributed by atoms with E-state index in [1.807, 2.05) is 25.1 Å². The van der Waals surface area contributed by atoms with Gasteiger partial charge in [0.25, 0.3) is 0 Å². The van der Waals surface area contributed by atoms with Crippen LogP contribution in [0.3, 0.4) is 0 Å². The molecule has 2 aromatic carbocycles. The Morgan fingerprint density at radius 1 is 1.14 bits per heavy atom. The summed E-state index contributed by atoms with van der Waals surface area (Å²) in [5, 5.41) is 0. The zero-order chi connectivity index (χ0) is 14.9. The number of aromatic nitrogens is 2. The van der Waals surface area contributed by atoms with Gasteiger partial charge >= 0.3 is 0 Å². The largest absolute Gasteiger partial charge is 0.341 e. The third-order valence-corrected chi connectivity index (χ3v) is 4.59. The van der Waals surface area contributed by atoms with Crippen molar-refractivity contribution >= 4 is 21.1 Å². The van der Waals surface area contributed by atoms with E-state index in [1.54, 1.807) is 30.3 Å². The van der Waals surface area contributed by atoms with Crippen LogP contribution in [0.5, 0.6) is 0 Å². The van der Waals surface area contributed by atoms with Gasteiger partial charge < -0.3 is 4.98 Å². The van der Waals surface area contributed by atoms with E-state index < -0.39 is 10.0 Å². The lowest BCUT2D eigenvalue weighted by molar-refractivity contribution is 0.579. The van der Waals surface area contributed by atoms with Crippen molar-refractivity contribution < 1.29 is 8.42 Å². The molecular weight excluding hydrogens is 286 g/mol. The van der Waals surface area contributed by atoms with Gasteiger partial charge in [-0.25, -0.2) is 18.1 Å². The van der Waals surface area contributed by atoms with Crippen LogP contribution in [-0.2, 0) is 16.6 Å². The molecule has 2 N–H and O–H groups in total. The highest BCUT2D eigenvalue weighted by Gasteiger charge is 2.13. The fraction of sp³-hybridized carbons (Fsp3) is 0.133. The summed E-state index contributed by atoms with van der Waals surface area (Å²) in [6, 6.07) is 14.2. The van der Waals surface area contributed by atoms with Crippen LogP contribution in [0.1, 0.15) is 11.4 Å². The van der Waals surface area contributed by atoms with Gasteiger partial charge in [0.2, 0.25) is 10.0 Å². The molecule has 21 heavy (non-hydrogen) atoms.